The van der Waals surface area contributed by atoms with E-state index >= 15 is 0 Å². The lowest BCUT2D eigenvalue weighted by atomic mass is 10.5. The number of H-pyrrole nitrogens is 1. The predicted octanol–water partition coefficient (Wildman–Crippen LogP) is 0.656. The van der Waals surface area contributed by atoms with Crippen LogP contribution >= 0.6 is 0 Å². The Morgan fingerprint density at radius 3 is 2.15 bits per heavy atom. The number of nitrogen functional groups attached to an aromatic ring is 2. The summed E-state index contributed by atoms with van der Waals surface area (Å²) in [5.41, 5.74) is 10.4. The standard InChI is InChI=1S/C5H6N2.C3H5N3/c6-5-3-1-2-4-7-5;4-3-1-2-5-6-3/h1-4H,(H2,6,7);1-2H,(H3,4,5,6). The van der Waals surface area contributed by atoms with Gasteiger partial charge in [0.1, 0.15) is 11.6 Å². The number of aromatic amines is 1. The molecule has 0 radical (unpaired) electrons. The molecule has 0 saturated carbocycles. The summed E-state index contributed by atoms with van der Waals surface area (Å²) in [6, 6.07) is 7.12. The molecule has 0 aliphatic rings. The zero-order valence-electron chi connectivity index (χ0n) is 7.01. The van der Waals surface area contributed by atoms with E-state index in [-0.39, 0.29) is 0 Å². The highest BCUT2D eigenvalue weighted by atomic mass is 15.1. The van der Waals surface area contributed by atoms with Gasteiger partial charge in [-0.3, -0.25) is 5.10 Å². The van der Waals surface area contributed by atoms with E-state index in [2.05, 4.69) is 15.2 Å². The van der Waals surface area contributed by atoms with Gasteiger partial charge in [0.15, 0.2) is 0 Å². The molecule has 5 N–H and O–H groups in total. The number of rotatable bonds is 0. The largest absolute Gasteiger partial charge is 0.384 e. The van der Waals surface area contributed by atoms with Gasteiger partial charge in [-0.25, -0.2) is 4.98 Å². The maximum atomic E-state index is 5.25. The van der Waals surface area contributed by atoms with Crippen LogP contribution in [-0.2, 0) is 0 Å². The summed E-state index contributed by atoms with van der Waals surface area (Å²) < 4.78 is 0. The lowest BCUT2D eigenvalue weighted by Gasteiger charge is -1.82. The summed E-state index contributed by atoms with van der Waals surface area (Å²) in [7, 11) is 0. The maximum Gasteiger partial charge on any atom is 0.123 e. The lowest BCUT2D eigenvalue weighted by Crippen LogP contribution is -1.85. The zero-order valence-corrected chi connectivity index (χ0v) is 7.01. The van der Waals surface area contributed by atoms with E-state index in [4.69, 9.17) is 11.5 Å². The van der Waals surface area contributed by atoms with Gasteiger partial charge in [-0.05, 0) is 18.2 Å². The minimum absolute atomic E-state index is 0.572. The highest BCUT2D eigenvalue weighted by Crippen LogP contribution is 1.89. The Morgan fingerprint density at radius 1 is 1.08 bits per heavy atom. The minimum Gasteiger partial charge on any atom is -0.384 e. The van der Waals surface area contributed by atoms with Crippen molar-refractivity contribution in [2.75, 3.05) is 11.5 Å². The monoisotopic (exact) mass is 177 g/mol. The molecule has 2 rings (SSSR count). The van der Waals surface area contributed by atoms with Crippen LogP contribution < -0.4 is 11.5 Å². The summed E-state index contributed by atoms with van der Waals surface area (Å²) in [4.78, 5) is 3.76. The third-order valence-corrected chi connectivity index (χ3v) is 1.21. The third-order valence-electron chi connectivity index (χ3n) is 1.21. The summed E-state index contributed by atoms with van der Waals surface area (Å²) in [5, 5.41) is 6.10. The van der Waals surface area contributed by atoms with Gasteiger partial charge in [-0.1, -0.05) is 6.07 Å². The smallest absolute Gasteiger partial charge is 0.123 e. The highest BCUT2D eigenvalue weighted by Gasteiger charge is 1.74. The van der Waals surface area contributed by atoms with Crippen molar-refractivity contribution in [1.82, 2.24) is 15.2 Å². The van der Waals surface area contributed by atoms with E-state index in [1.165, 1.54) is 0 Å². The van der Waals surface area contributed by atoms with Crippen LogP contribution in [0.4, 0.5) is 11.6 Å². The first-order valence-corrected chi connectivity index (χ1v) is 3.70. The molecule has 0 unspecified atom stereocenters. The molecule has 13 heavy (non-hydrogen) atoms. The van der Waals surface area contributed by atoms with E-state index < -0.39 is 0 Å². The van der Waals surface area contributed by atoms with Crippen molar-refractivity contribution in [2.45, 2.75) is 0 Å². The highest BCUT2D eigenvalue weighted by molar-refractivity contribution is 5.25. The fourth-order valence-electron chi connectivity index (χ4n) is 0.643. The van der Waals surface area contributed by atoms with Crippen molar-refractivity contribution < 1.29 is 0 Å². The molecule has 0 aromatic carbocycles. The number of nitrogens with one attached hydrogen (secondary N) is 1. The predicted molar refractivity (Wildman–Crippen MR) is 51.6 cm³/mol. The summed E-state index contributed by atoms with van der Waals surface area (Å²) in [6.45, 7) is 0. The maximum absolute atomic E-state index is 5.25. The van der Waals surface area contributed by atoms with E-state index in [1.54, 1.807) is 24.5 Å². The molecule has 0 fully saturated rings. The minimum atomic E-state index is 0.572. The van der Waals surface area contributed by atoms with Crippen LogP contribution in [0.1, 0.15) is 0 Å². The third kappa shape index (κ3) is 3.76. The van der Waals surface area contributed by atoms with Crippen molar-refractivity contribution in [3.8, 4) is 0 Å². The molecular weight excluding hydrogens is 166 g/mol. The quantitative estimate of drug-likeness (QED) is 0.551. The molecule has 0 saturated heterocycles. The first kappa shape index (κ1) is 9.05. The summed E-state index contributed by atoms with van der Waals surface area (Å²) in [6.07, 6.45) is 3.27. The average Bonchev–Trinajstić information content (AvgIpc) is 2.58. The first-order chi connectivity index (χ1) is 6.29. The Kier molecular flexibility index (Phi) is 3.31. The van der Waals surface area contributed by atoms with Gasteiger partial charge in [0.2, 0.25) is 0 Å². The van der Waals surface area contributed by atoms with Gasteiger partial charge >= 0.3 is 0 Å². The molecule has 0 spiro atoms. The molecule has 5 heteroatoms. The SMILES string of the molecule is Nc1ccccn1.Nc1ccn[nH]1. The fraction of sp³-hybridized carbons (Fsp3) is 0. The number of nitrogens with two attached hydrogens (primary N) is 2. The number of hydrogen-bond donors (Lipinski definition) is 3. The Balaban J connectivity index is 0.000000132. The van der Waals surface area contributed by atoms with Crippen molar-refractivity contribution in [1.29, 1.82) is 0 Å². The second kappa shape index (κ2) is 4.76. The van der Waals surface area contributed by atoms with E-state index in [1.807, 2.05) is 12.1 Å². The summed E-state index contributed by atoms with van der Waals surface area (Å²) >= 11 is 0. The molecular formula is C8H11N5. The average molecular weight is 177 g/mol. The molecule has 2 heterocycles. The van der Waals surface area contributed by atoms with Crippen molar-refractivity contribution in [2.24, 2.45) is 0 Å². The van der Waals surface area contributed by atoms with E-state index in [9.17, 15) is 0 Å². The van der Waals surface area contributed by atoms with Gasteiger partial charge in [0.05, 0.1) is 6.20 Å². The van der Waals surface area contributed by atoms with Crippen LogP contribution in [0.15, 0.2) is 36.7 Å². The lowest BCUT2D eigenvalue weighted by molar-refractivity contribution is 1.10. The van der Waals surface area contributed by atoms with Gasteiger partial charge in [-0.15, -0.1) is 0 Å². The number of pyridine rings is 1. The van der Waals surface area contributed by atoms with Gasteiger partial charge in [0.25, 0.3) is 0 Å². The van der Waals surface area contributed by atoms with Crippen molar-refractivity contribution >= 4 is 11.6 Å². The number of aromatic nitrogens is 3. The van der Waals surface area contributed by atoms with Crippen LogP contribution in [-0.4, -0.2) is 15.2 Å². The Labute approximate surface area is 75.8 Å². The fourth-order valence-corrected chi connectivity index (χ4v) is 0.643. The molecule has 0 atom stereocenters. The van der Waals surface area contributed by atoms with Crippen LogP contribution in [0, 0.1) is 0 Å². The molecule has 0 amide bonds. The first-order valence-electron chi connectivity index (χ1n) is 3.70. The van der Waals surface area contributed by atoms with Crippen LogP contribution in [0.3, 0.4) is 0 Å². The zero-order chi connectivity index (χ0) is 9.52. The Hall–Kier alpha value is -2.04. The van der Waals surface area contributed by atoms with Crippen LogP contribution in [0.25, 0.3) is 0 Å². The van der Waals surface area contributed by atoms with Crippen molar-refractivity contribution in [3.05, 3.63) is 36.7 Å². The molecule has 2 aromatic heterocycles. The number of nitrogens with zero attached hydrogens (tertiary/aromatic N) is 2. The van der Waals surface area contributed by atoms with Gasteiger partial charge in [-0.2, -0.15) is 5.10 Å². The topological polar surface area (TPSA) is 93.6 Å². The number of anilines is 2. The molecule has 68 valence electrons. The second-order valence-electron chi connectivity index (χ2n) is 2.27. The van der Waals surface area contributed by atoms with Crippen LogP contribution in [0.5, 0.6) is 0 Å². The molecule has 0 bridgehead atoms. The normalized spacial score (nSPS) is 8.62. The van der Waals surface area contributed by atoms with Crippen molar-refractivity contribution in [3.63, 3.8) is 0 Å². The molecule has 0 aliphatic heterocycles. The molecule has 0 aliphatic carbocycles. The molecule has 2 aromatic rings. The summed E-state index contributed by atoms with van der Waals surface area (Å²) in [5.74, 6) is 1.18. The molecule has 5 nitrogen and oxygen atoms in total. The van der Waals surface area contributed by atoms with Gasteiger partial charge < -0.3 is 11.5 Å². The second-order valence-corrected chi connectivity index (χ2v) is 2.27. The van der Waals surface area contributed by atoms with Crippen LogP contribution in [0.2, 0.25) is 0 Å². The Bertz CT molecular complexity index is 316. The van der Waals surface area contributed by atoms with E-state index in [0.29, 0.717) is 11.6 Å². The van der Waals surface area contributed by atoms with E-state index in [0.717, 1.165) is 0 Å². The van der Waals surface area contributed by atoms with Gasteiger partial charge in [0, 0.05) is 6.20 Å². The number of hydrogen-bond acceptors (Lipinski definition) is 4. The Morgan fingerprint density at radius 2 is 1.92 bits per heavy atom.